The van der Waals surface area contributed by atoms with Gasteiger partial charge in [-0.2, -0.15) is 0 Å². The lowest BCUT2D eigenvalue weighted by Gasteiger charge is -2.19. The Morgan fingerprint density at radius 1 is 1.09 bits per heavy atom. The molecule has 2 aromatic carbocycles. The Labute approximate surface area is 203 Å². The van der Waals surface area contributed by atoms with Crippen LogP contribution in [-0.4, -0.2) is 37.2 Å². The third-order valence-electron chi connectivity index (χ3n) is 5.51. The van der Waals surface area contributed by atoms with E-state index in [9.17, 15) is 13.2 Å². The van der Waals surface area contributed by atoms with Gasteiger partial charge in [-0.05, 0) is 48.4 Å². The van der Waals surface area contributed by atoms with Crippen LogP contribution in [0.1, 0.15) is 23.7 Å². The van der Waals surface area contributed by atoms with Crippen LogP contribution in [0.4, 0.5) is 5.13 Å². The zero-order chi connectivity index (χ0) is 24.3. The molecule has 2 aromatic heterocycles. The zero-order valence-electron chi connectivity index (χ0n) is 19.2. The molecule has 9 heteroatoms. The zero-order valence-corrected chi connectivity index (χ0v) is 20.8. The van der Waals surface area contributed by atoms with E-state index < -0.39 is 9.84 Å². The molecule has 0 aliphatic carbocycles. The van der Waals surface area contributed by atoms with Crippen molar-refractivity contribution >= 4 is 42.4 Å². The average molecular weight is 496 g/mol. The Balaban J connectivity index is 1.68. The van der Waals surface area contributed by atoms with Crippen LogP contribution in [0.15, 0.2) is 65.7 Å². The number of aryl methyl sites for hydroxylation is 1. The second-order valence-electron chi connectivity index (χ2n) is 7.78. The van der Waals surface area contributed by atoms with Crippen LogP contribution in [0.5, 0.6) is 5.75 Å². The fourth-order valence-corrected chi connectivity index (χ4v) is 5.50. The molecule has 0 spiro atoms. The predicted molar refractivity (Wildman–Crippen MR) is 134 cm³/mol. The molecule has 4 rings (SSSR count). The Morgan fingerprint density at radius 3 is 2.50 bits per heavy atom. The second kappa shape index (κ2) is 9.90. The van der Waals surface area contributed by atoms with E-state index in [2.05, 4.69) is 4.98 Å². The fourth-order valence-electron chi connectivity index (χ4n) is 3.55. The van der Waals surface area contributed by atoms with Gasteiger partial charge in [-0.15, -0.1) is 0 Å². The summed E-state index contributed by atoms with van der Waals surface area (Å²) in [6.07, 6.45) is 1.79. The van der Waals surface area contributed by atoms with Crippen LogP contribution in [0.3, 0.4) is 0 Å². The van der Waals surface area contributed by atoms with Gasteiger partial charge >= 0.3 is 0 Å². The van der Waals surface area contributed by atoms with Crippen molar-refractivity contribution in [1.29, 1.82) is 0 Å². The van der Waals surface area contributed by atoms with Crippen LogP contribution >= 0.6 is 11.3 Å². The summed E-state index contributed by atoms with van der Waals surface area (Å²) in [5.41, 5.74) is 3.23. The number of rotatable bonds is 8. The summed E-state index contributed by atoms with van der Waals surface area (Å²) < 4.78 is 30.6. The molecule has 0 N–H and O–H groups in total. The minimum atomic E-state index is -3.29. The molecular weight excluding hydrogens is 470 g/mol. The van der Waals surface area contributed by atoms with Gasteiger partial charge in [0.05, 0.1) is 41.1 Å². The summed E-state index contributed by atoms with van der Waals surface area (Å²) in [5.74, 6) is 0.525. The Hall–Kier alpha value is -3.30. The van der Waals surface area contributed by atoms with E-state index >= 15 is 0 Å². The monoisotopic (exact) mass is 495 g/mol. The van der Waals surface area contributed by atoms with Crippen molar-refractivity contribution in [3.8, 4) is 5.75 Å². The first-order chi connectivity index (χ1) is 16.3. The number of hydrogen-bond donors (Lipinski definition) is 0. The molecule has 176 valence electrons. The normalized spacial score (nSPS) is 11.5. The number of carbonyl (C=O) groups is 1. The number of hydrogen-bond acceptors (Lipinski definition) is 7. The van der Waals surface area contributed by atoms with Crippen molar-refractivity contribution < 1.29 is 17.9 Å². The van der Waals surface area contributed by atoms with Crippen molar-refractivity contribution in [2.75, 3.05) is 17.8 Å². The van der Waals surface area contributed by atoms with Gasteiger partial charge in [0.25, 0.3) is 0 Å². The first kappa shape index (κ1) is 23.8. The number of nitrogens with zero attached hydrogens (tertiary/aromatic N) is 3. The minimum Gasteiger partial charge on any atom is -0.494 e. The van der Waals surface area contributed by atoms with Crippen LogP contribution in [0.25, 0.3) is 10.2 Å². The SMILES string of the molecule is CCS(=O)(=O)c1ccc(CC(=O)N(Cc2ccccn2)c2nc3c(OC)ccc(C)c3s2)cc1. The molecular formula is C25H25N3O4S2. The number of carbonyl (C=O) groups excluding carboxylic acids is 1. The van der Waals surface area contributed by atoms with E-state index in [4.69, 9.17) is 9.72 Å². The highest BCUT2D eigenvalue weighted by molar-refractivity contribution is 7.91. The fraction of sp³-hybridized carbons (Fsp3) is 0.240. The molecule has 0 unspecified atom stereocenters. The molecule has 0 aliphatic heterocycles. The van der Waals surface area contributed by atoms with Crippen LogP contribution in [0, 0.1) is 6.92 Å². The first-order valence-electron chi connectivity index (χ1n) is 10.8. The number of anilines is 1. The van der Waals surface area contributed by atoms with E-state index in [1.807, 2.05) is 37.3 Å². The molecule has 34 heavy (non-hydrogen) atoms. The molecule has 0 saturated carbocycles. The third kappa shape index (κ3) is 4.95. The topological polar surface area (TPSA) is 89.5 Å². The first-order valence-corrected chi connectivity index (χ1v) is 13.3. The standard InChI is InChI=1S/C25H25N3O4S2/c1-4-34(30,31)20-11-9-18(10-12-20)15-22(29)28(16-19-7-5-6-14-26-19)25-27-23-21(32-3)13-8-17(2)24(23)33-25/h5-14H,4,15-16H2,1-3H3. The van der Waals surface area contributed by atoms with Crippen molar-refractivity contribution in [1.82, 2.24) is 9.97 Å². The maximum Gasteiger partial charge on any atom is 0.233 e. The van der Waals surface area contributed by atoms with Crippen molar-refractivity contribution in [3.05, 3.63) is 77.6 Å². The Kier molecular flexibility index (Phi) is 6.95. The minimum absolute atomic E-state index is 0.0314. The lowest BCUT2D eigenvalue weighted by molar-refractivity contribution is -0.118. The molecule has 0 bridgehead atoms. The van der Waals surface area contributed by atoms with E-state index in [1.54, 1.807) is 49.4 Å². The lowest BCUT2D eigenvalue weighted by Crippen LogP contribution is -2.32. The maximum absolute atomic E-state index is 13.5. The number of sulfone groups is 1. The number of amides is 1. The summed E-state index contributed by atoms with van der Waals surface area (Å²) in [5, 5.41) is 0.559. The third-order valence-corrected chi connectivity index (χ3v) is 8.47. The van der Waals surface area contributed by atoms with E-state index in [1.165, 1.54) is 11.3 Å². The smallest absolute Gasteiger partial charge is 0.233 e. The molecule has 0 aliphatic rings. The van der Waals surface area contributed by atoms with Gasteiger partial charge in [-0.1, -0.05) is 42.5 Å². The van der Waals surface area contributed by atoms with Gasteiger partial charge in [0, 0.05) is 6.20 Å². The van der Waals surface area contributed by atoms with Gasteiger partial charge in [0.15, 0.2) is 15.0 Å². The molecule has 4 aromatic rings. The molecule has 0 atom stereocenters. The van der Waals surface area contributed by atoms with Crippen molar-refractivity contribution in [3.63, 3.8) is 0 Å². The van der Waals surface area contributed by atoms with Crippen LogP contribution in [-0.2, 0) is 27.6 Å². The van der Waals surface area contributed by atoms with Crippen molar-refractivity contribution in [2.45, 2.75) is 31.7 Å². The van der Waals surface area contributed by atoms with Gasteiger partial charge < -0.3 is 4.74 Å². The summed E-state index contributed by atoms with van der Waals surface area (Å²) in [7, 11) is -1.69. The number of aromatic nitrogens is 2. The van der Waals surface area contributed by atoms with Gasteiger partial charge in [-0.25, -0.2) is 13.4 Å². The summed E-state index contributed by atoms with van der Waals surface area (Å²) >= 11 is 1.44. The largest absolute Gasteiger partial charge is 0.494 e. The van der Waals surface area contributed by atoms with Crippen molar-refractivity contribution in [2.24, 2.45) is 0 Å². The maximum atomic E-state index is 13.5. The average Bonchev–Trinajstić information content (AvgIpc) is 3.30. The van der Waals surface area contributed by atoms with E-state index in [0.717, 1.165) is 27.0 Å². The van der Waals surface area contributed by atoms with Crippen LogP contribution < -0.4 is 9.64 Å². The molecule has 0 saturated heterocycles. The number of ether oxygens (including phenoxy) is 1. The summed E-state index contributed by atoms with van der Waals surface area (Å²) in [6, 6.07) is 15.9. The molecule has 2 heterocycles. The highest BCUT2D eigenvalue weighted by atomic mass is 32.2. The quantitative estimate of drug-likeness (QED) is 0.356. The van der Waals surface area contributed by atoms with Gasteiger partial charge in [-0.3, -0.25) is 14.7 Å². The summed E-state index contributed by atoms with van der Waals surface area (Å²) in [4.78, 5) is 24.5. The number of benzene rings is 2. The number of pyridine rings is 1. The van der Waals surface area contributed by atoms with Gasteiger partial charge in [0.2, 0.25) is 5.91 Å². The number of methoxy groups -OCH3 is 1. The number of fused-ring (bicyclic) bond motifs is 1. The predicted octanol–water partition coefficient (Wildman–Crippen LogP) is 4.58. The van der Waals surface area contributed by atoms with E-state index in [-0.39, 0.29) is 29.5 Å². The molecule has 0 fully saturated rings. The Morgan fingerprint density at radius 2 is 1.85 bits per heavy atom. The summed E-state index contributed by atoms with van der Waals surface area (Å²) in [6.45, 7) is 3.88. The lowest BCUT2D eigenvalue weighted by atomic mass is 10.1. The number of thiazole rings is 1. The van der Waals surface area contributed by atoms with Crippen LogP contribution in [0.2, 0.25) is 0 Å². The molecule has 0 radical (unpaired) electrons. The molecule has 7 nitrogen and oxygen atoms in total. The highest BCUT2D eigenvalue weighted by Gasteiger charge is 2.23. The van der Waals surface area contributed by atoms with E-state index in [0.29, 0.717) is 10.9 Å². The Bertz CT molecular complexity index is 1420. The second-order valence-corrected chi connectivity index (χ2v) is 11.0. The molecule has 1 amide bonds. The highest BCUT2D eigenvalue weighted by Crippen LogP contribution is 2.37. The van der Waals surface area contributed by atoms with Gasteiger partial charge in [0.1, 0.15) is 11.3 Å².